The van der Waals surface area contributed by atoms with Crippen LogP contribution in [0.4, 0.5) is 24.9 Å². The number of rotatable bonds is 7. The molecule has 2 rings (SSSR count). The van der Waals surface area contributed by atoms with E-state index in [9.17, 15) is 13.2 Å². The maximum atomic E-state index is 13.0. The first-order valence-electron chi connectivity index (χ1n) is 8.26. The third-order valence-corrected chi connectivity index (χ3v) is 4.00. The minimum absolute atomic E-state index is 0.115. The van der Waals surface area contributed by atoms with Crippen molar-refractivity contribution in [2.45, 2.75) is 19.1 Å². The van der Waals surface area contributed by atoms with Crippen LogP contribution in [0.15, 0.2) is 6.07 Å². The van der Waals surface area contributed by atoms with Crippen LogP contribution in [0.3, 0.4) is 0 Å². The van der Waals surface area contributed by atoms with E-state index >= 15 is 0 Å². The molecule has 0 aliphatic carbocycles. The molecule has 7 nitrogen and oxygen atoms in total. The summed E-state index contributed by atoms with van der Waals surface area (Å²) < 4.78 is 39.0. The van der Waals surface area contributed by atoms with Crippen LogP contribution in [-0.2, 0) is 6.18 Å². The van der Waals surface area contributed by atoms with Crippen molar-refractivity contribution < 1.29 is 18.3 Å². The van der Waals surface area contributed by atoms with Gasteiger partial charge < -0.3 is 20.6 Å². The van der Waals surface area contributed by atoms with E-state index in [1.807, 2.05) is 0 Å². The molecule has 0 amide bonds. The molecule has 142 valence electrons. The number of anilines is 2. The Balaban J connectivity index is 1.99. The van der Waals surface area contributed by atoms with E-state index in [0.717, 1.165) is 38.8 Å². The smallest absolute Gasteiger partial charge is 0.394 e. The van der Waals surface area contributed by atoms with Crippen LogP contribution in [0, 0.1) is 0 Å². The molecule has 0 aromatic carbocycles. The maximum absolute atomic E-state index is 13.0. The van der Waals surface area contributed by atoms with Gasteiger partial charge in [-0.2, -0.15) is 18.2 Å². The normalized spacial score (nSPS) is 18.2. The lowest BCUT2D eigenvalue weighted by molar-refractivity contribution is -0.141. The fourth-order valence-corrected chi connectivity index (χ4v) is 2.43. The molecule has 0 bridgehead atoms. The molecule has 0 radical (unpaired) electrons. The van der Waals surface area contributed by atoms with Crippen molar-refractivity contribution in [2.24, 2.45) is 0 Å². The molecule has 1 fully saturated rings. The van der Waals surface area contributed by atoms with Crippen LogP contribution in [-0.4, -0.2) is 83.8 Å². The fourth-order valence-electron chi connectivity index (χ4n) is 2.43. The molecule has 25 heavy (non-hydrogen) atoms. The van der Waals surface area contributed by atoms with Gasteiger partial charge in [-0.3, -0.25) is 4.90 Å². The van der Waals surface area contributed by atoms with Crippen molar-refractivity contribution in [3.63, 3.8) is 0 Å². The van der Waals surface area contributed by atoms with Crippen LogP contribution < -0.4 is 10.6 Å². The summed E-state index contributed by atoms with van der Waals surface area (Å²) in [6.07, 6.45) is -4.56. The summed E-state index contributed by atoms with van der Waals surface area (Å²) in [5, 5.41) is 14.6. The summed E-state index contributed by atoms with van der Waals surface area (Å²) >= 11 is 0. The number of hydrogen-bond donors (Lipinski definition) is 3. The number of nitrogens with zero attached hydrogens (tertiary/aromatic N) is 4. The van der Waals surface area contributed by atoms with Crippen LogP contribution in [0.5, 0.6) is 0 Å². The number of likely N-dealkylation sites (N-methyl/N-ethyl adjacent to an activating group) is 1. The van der Waals surface area contributed by atoms with Gasteiger partial charge >= 0.3 is 6.18 Å². The molecule has 1 aromatic heterocycles. The van der Waals surface area contributed by atoms with Gasteiger partial charge in [0.2, 0.25) is 5.95 Å². The van der Waals surface area contributed by atoms with Crippen molar-refractivity contribution in [1.29, 1.82) is 0 Å². The van der Waals surface area contributed by atoms with Gasteiger partial charge in [0.1, 0.15) is 5.82 Å². The number of hydrogen-bond acceptors (Lipinski definition) is 7. The molecule has 0 unspecified atom stereocenters. The van der Waals surface area contributed by atoms with Crippen molar-refractivity contribution in [3.05, 3.63) is 11.8 Å². The zero-order valence-corrected chi connectivity index (χ0v) is 14.5. The minimum Gasteiger partial charge on any atom is -0.394 e. The first-order chi connectivity index (χ1) is 11.8. The van der Waals surface area contributed by atoms with E-state index in [2.05, 4.69) is 37.4 Å². The zero-order chi connectivity index (χ0) is 18.4. The summed E-state index contributed by atoms with van der Waals surface area (Å²) in [7, 11) is 2.07. The second-order valence-electron chi connectivity index (χ2n) is 6.26. The van der Waals surface area contributed by atoms with Crippen LogP contribution >= 0.6 is 0 Å². The average molecular weight is 362 g/mol. The number of alkyl halides is 3. The van der Waals surface area contributed by atoms with Crippen LogP contribution in [0.1, 0.15) is 12.6 Å². The second-order valence-corrected chi connectivity index (χ2v) is 6.26. The van der Waals surface area contributed by atoms with Gasteiger partial charge in [0.05, 0.1) is 6.61 Å². The summed E-state index contributed by atoms with van der Waals surface area (Å²) in [4.78, 5) is 12.0. The molecular formula is C15H25F3N6O. The Labute approximate surface area is 145 Å². The number of nitrogens with one attached hydrogen (secondary N) is 2. The van der Waals surface area contributed by atoms with E-state index in [1.54, 1.807) is 6.92 Å². The summed E-state index contributed by atoms with van der Waals surface area (Å²) in [6, 6.07) is 0.459. The van der Waals surface area contributed by atoms with Crippen molar-refractivity contribution in [2.75, 3.05) is 63.6 Å². The topological polar surface area (TPSA) is 76.6 Å². The van der Waals surface area contributed by atoms with E-state index in [-0.39, 0.29) is 18.4 Å². The fraction of sp³-hybridized carbons (Fsp3) is 0.733. The minimum atomic E-state index is -4.56. The molecule has 3 N–H and O–H groups in total. The van der Waals surface area contributed by atoms with Gasteiger partial charge in [-0.05, 0) is 14.0 Å². The highest BCUT2D eigenvalue weighted by atomic mass is 19.4. The van der Waals surface area contributed by atoms with E-state index < -0.39 is 17.9 Å². The summed E-state index contributed by atoms with van der Waals surface area (Å²) in [5.41, 5.74) is -1.02. The molecular weight excluding hydrogens is 337 g/mol. The van der Waals surface area contributed by atoms with E-state index in [0.29, 0.717) is 6.54 Å². The standard InChI is InChI=1S/C15H25F3N6O/c1-11(10-25)20-14-21-12(15(16,17)18)9-13(22-14)19-3-4-24-7-5-23(2)6-8-24/h9,11,25H,3-8,10H2,1-2H3,(H2,19,20,21,22)/t11-/m1/s1. The van der Waals surface area contributed by atoms with Crippen molar-refractivity contribution in [3.8, 4) is 0 Å². The molecule has 2 heterocycles. The SMILES string of the molecule is C[C@H](CO)Nc1nc(NCCN2CCN(C)CC2)cc(C(F)(F)F)n1. The van der Waals surface area contributed by atoms with Crippen LogP contribution in [0.2, 0.25) is 0 Å². The molecule has 1 saturated heterocycles. The van der Waals surface area contributed by atoms with Gasteiger partial charge in [-0.25, -0.2) is 4.98 Å². The Morgan fingerprint density at radius 3 is 2.52 bits per heavy atom. The van der Waals surface area contributed by atoms with Crippen molar-refractivity contribution in [1.82, 2.24) is 19.8 Å². The predicted octanol–water partition coefficient (Wildman–Crippen LogP) is 0.947. The highest BCUT2D eigenvalue weighted by Gasteiger charge is 2.33. The van der Waals surface area contributed by atoms with Gasteiger partial charge in [0.25, 0.3) is 0 Å². The molecule has 1 aliphatic rings. The third-order valence-electron chi connectivity index (χ3n) is 4.00. The maximum Gasteiger partial charge on any atom is 0.433 e. The van der Waals surface area contributed by atoms with Gasteiger partial charge in [0, 0.05) is 51.4 Å². The zero-order valence-electron chi connectivity index (χ0n) is 14.5. The Bertz CT molecular complexity index is 549. The van der Waals surface area contributed by atoms with E-state index in [1.165, 1.54) is 0 Å². The molecule has 0 spiro atoms. The Morgan fingerprint density at radius 1 is 1.24 bits per heavy atom. The van der Waals surface area contributed by atoms with Gasteiger partial charge in [-0.15, -0.1) is 0 Å². The first-order valence-corrected chi connectivity index (χ1v) is 8.26. The third kappa shape index (κ3) is 6.29. The molecule has 1 aromatic rings. The summed E-state index contributed by atoms with van der Waals surface area (Å²) in [6.45, 7) is 6.47. The lowest BCUT2D eigenvalue weighted by Gasteiger charge is -2.32. The number of piperazine rings is 1. The largest absolute Gasteiger partial charge is 0.433 e. The number of aliphatic hydroxyl groups excluding tert-OH is 1. The molecule has 1 aliphatic heterocycles. The second kappa shape index (κ2) is 8.63. The number of aliphatic hydroxyl groups is 1. The molecule has 1 atom stereocenters. The highest BCUT2D eigenvalue weighted by molar-refractivity contribution is 5.43. The van der Waals surface area contributed by atoms with Crippen molar-refractivity contribution >= 4 is 11.8 Å². The number of aromatic nitrogens is 2. The van der Waals surface area contributed by atoms with Gasteiger partial charge in [-0.1, -0.05) is 0 Å². The van der Waals surface area contributed by atoms with E-state index in [4.69, 9.17) is 5.11 Å². The summed E-state index contributed by atoms with van der Waals surface area (Å²) in [5.74, 6) is -0.0393. The lowest BCUT2D eigenvalue weighted by Crippen LogP contribution is -2.45. The Kier molecular flexibility index (Phi) is 6.79. The van der Waals surface area contributed by atoms with Crippen LogP contribution in [0.25, 0.3) is 0 Å². The molecule has 0 saturated carbocycles. The lowest BCUT2D eigenvalue weighted by atomic mass is 10.3. The highest BCUT2D eigenvalue weighted by Crippen LogP contribution is 2.29. The average Bonchev–Trinajstić information content (AvgIpc) is 2.55. The van der Waals surface area contributed by atoms with Gasteiger partial charge in [0.15, 0.2) is 5.69 Å². The predicted molar refractivity (Wildman–Crippen MR) is 89.6 cm³/mol. The first kappa shape index (κ1) is 19.7. The monoisotopic (exact) mass is 362 g/mol. The Morgan fingerprint density at radius 2 is 1.92 bits per heavy atom. The Hall–Kier alpha value is -1.65. The molecule has 10 heteroatoms. The quantitative estimate of drug-likeness (QED) is 0.667. The number of halogens is 3.